The van der Waals surface area contributed by atoms with Crippen molar-refractivity contribution in [3.63, 3.8) is 0 Å². The minimum absolute atomic E-state index is 1.05. The summed E-state index contributed by atoms with van der Waals surface area (Å²) in [5, 5.41) is 0. The molecule has 18 heavy (non-hydrogen) atoms. The second-order valence-electron chi connectivity index (χ2n) is 4.72. The summed E-state index contributed by atoms with van der Waals surface area (Å²) >= 11 is 0. The standard InChI is InChI=1S/C18H31/c1-3-5-7-9-11-13-15-17-18-16-14-12-10-8-6-4-2/h9,11-12,14,17-18H,1,3-8,10,13,15-16H2,2H3. The lowest BCUT2D eigenvalue weighted by Gasteiger charge is -1.91. The van der Waals surface area contributed by atoms with Crippen molar-refractivity contribution in [2.45, 2.75) is 71.1 Å². The van der Waals surface area contributed by atoms with E-state index >= 15 is 0 Å². The van der Waals surface area contributed by atoms with E-state index in [4.69, 9.17) is 0 Å². The molecule has 103 valence electrons. The second-order valence-corrected chi connectivity index (χ2v) is 4.72. The Kier molecular flexibility index (Phi) is 15.5. The van der Waals surface area contributed by atoms with E-state index in [0.29, 0.717) is 0 Å². The van der Waals surface area contributed by atoms with Gasteiger partial charge < -0.3 is 0 Å². The molecule has 0 rings (SSSR count). The van der Waals surface area contributed by atoms with Gasteiger partial charge >= 0.3 is 0 Å². The Hall–Kier alpha value is -0.780. The van der Waals surface area contributed by atoms with E-state index in [1.807, 2.05) is 0 Å². The molecule has 0 aliphatic carbocycles. The lowest BCUT2D eigenvalue weighted by Crippen LogP contribution is -1.71. The zero-order valence-electron chi connectivity index (χ0n) is 12.2. The van der Waals surface area contributed by atoms with Crippen LogP contribution in [0.15, 0.2) is 36.5 Å². The van der Waals surface area contributed by atoms with Crippen LogP contribution in [0.5, 0.6) is 0 Å². The van der Waals surface area contributed by atoms with Crippen molar-refractivity contribution >= 4 is 0 Å². The van der Waals surface area contributed by atoms with E-state index in [9.17, 15) is 0 Å². The molecule has 0 heteroatoms. The Bertz CT molecular complexity index is 220. The van der Waals surface area contributed by atoms with Gasteiger partial charge in [-0.05, 0) is 44.9 Å². The molecule has 0 saturated heterocycles. The molecule has 0 unspecified atom stereocenters. The predicted octanol–water partition coefficient (Wildman–Crippen LogP) is 6.41. The highest BCUT2D eigenvalue weighted by Gasteiger charge is 1.81. The summed E-state index contributed by atoms with van der Waals surface area (Å²) in [5.41, 5.74) is 0. The van der Waals surface area contributed by atoms with E-state index in [0.717, 1.165) is 12.8 Å². The molecule has 0 saturated carbocycles. The molecule has 0 bridgehead atoms. The normalized spacial score (nSPS) is 12.3. The summed E-state index contributed by atoms with van der Waals surface area (Å²) in [7, 11) is 0. The first kappa shape index (κ1) is 17.2. The van der Waals surface area contributed by atoms with Crippen LogP contribution in [0.4, 0.5) is 0 Å². The maximum atomic E-state index is 3.83. The first-order valence-electron chi connectivity index (χ1n) is 7.66. The summed E-state index contributed by atoms with van der Waals surface area (Å²) in [6.07, 6.45) is 25.9. The first-order valence-corrected chi connectivity index (χ1v) is 7.66. The zero-order valence-corrected chi connectivity index (χ0v) is 12.2. The molecule has 0 fully saturated rings. The van der Waals surface area contributed by atoms with Crippen LogP contribution in [-0.2, 0) is 0 Å². The number of allylic oxidation sites excluding steroid dienone is 6. The summed E-state index contributed by atoms with van der Waals surface area (Å²) in [6.45, 7) is 6.08. The highest BCUT2D eigenvalue weighted by atomic mass is 13.9. The smallest absolute Gasteiger partial charge is 0.0169 e. The van der Waals surface area contributed by atoms with E-state index in [-0.39, 0.29) is 0 Å². The SMILES string of the molecule is [CH2]CCCC=CCCC=CCC=CCCCCC. The van der Waals surface area contributed by atoms with Gasteiger partial charge in [0.2, 0.25) is 0 Å². The minimum atomic E-state index is 1.05. The lowest BCUT2D eigenvalue weighted by atomic mass is 10.2. The van der Waals surface area contributed by atoms with Crippen molar-refractivity contribution in [3.05, 3.63) is 43.4 Å². The van der Waals surface area contributed by atoms with Gasteiger partial charge in [0.05, 0.1) is 0 Å². The van der Waals surface area contributed by atoms with E-state index in [1.165, 1.54) is 51.4 Å². The van der Waals surface area contributed by atoms with Gasteiger partial charge in [0.25, 0.3) is 0 Å². The quantitative estimate of drug-likeness (QED) is 0.276. The molecule has 0 nitrogen and oxygen atoms in total. The molecule has 0 aromatic rings. The maximum absolute atomic E-state index is 3.83. The van der Waals surface area contributed by atoms with Crippen molar-refractivity contribution < 1.29 is 0 Å². The fraction of sp³-hybridized carbons (Fsp3) is 0.611. The molecule has 0 aromatic carbocycles. The van der Waals surface area contributed by atoms with Crippen molar-refractivity contribution in [1.29, 1.82) is 0 Å². The zero-order chi connectivity index (χ0) is 13.3. The molecule has 0 spiro atoms. The third-order valence-electron chi connectivity index (χ3n) is 2.87. The van der Waals surface area contributed by atoms with Gasteiger partial charge in [0.1, 0.15) is 0 Å². The molecule has 0 aromatic heterocycles. The average molecular weight is 247 g/mol. The van der Waals surface area contributed by atoms with Crippen LogP contribution in [0, 0.1) is 6.92 Å². The van der Waals surface area contributed by atoms with Crippen LogP contribution < -0.4 is 0 Å². The summed E-state index contributed by atoms with van der Waals surface area (Å²) in [4.78, 5) is 0. The van der Waals surface area contributed by atoms with Gasteiger partial charge in [-0.25, -0.2) is 0 Å². The summed E-state index contributed by atoms with van der Waals surface area (Å²) in [5.74, 6) is 0. The molecule has 0 atom stereocenters. The Morgan fingerprint density at radius 3 is 1.89 bits per heavy atom. The summed E-state index contributed by atoms with van der Waals surface area (Å²) < 4.78 is 0. The monoisotopic (exact) mass is 247 g/mol. The van der Waals surface area contributed by atoms with Gasteiger partial charge in [-0.2, -0.15) is 0 Å². The average Bonchev–Trinajstić information content (AvgIpc) is 2.39. The molecule has 1 radical (unpaired) electrons. The fourth-order valence-electron chi connectivity index (χ4n) is 1.71. The predicted molar refractivity (Wildman–Crippen MR) is 84.6 cm³/mol. The van der Waals surface area contributed by atoms with Crippen LogP contribution in [0.25, 0.3) is 0 Å². The largest absolute Gasteiger partial charge is 0.0885 e. The van der Waals surface area contributed by atoms with Gasteiger partial charge in [0.15, 0.2) is 0 Å². The Morgan fingerprint density at radius 2 is 1.22 bits per heavy atom. The molecule has 0 aliphatic heterocycles. The molecule has 0 amide bonds. The molecule has 0 heterocycles. The highest BCUT2D eigenvalue weighted by molar-refractivity contribution is 4.94. The molecular weight excluding hydrogens is 216 g/mol. The van der Waals surface area contributed by atoms with Crippen molar-refractivity contribution in [2.75, 3.05) is 0 Å². The van der Waals surface area contributed by atoms with Crippen molar-refractivity contribution in [1.82, 2.24) is 0 Å². The van der Waals surface area contributed by atoms with Gasteiger partial charge in [-0.15, -0.1) is 0 Å². The molecular formula is C18H31. The molecule has 0 aliphatic rings. The Labute approximate surface area is 115 Å². The van der Waals surface area contributed by atoms with Crippen LogP contribution in [-0.4, -0.2) is 0 Å². The fourth-order valence-corrected chi connectivity index (χ4v) is 1.71. The minimum Gasteiger partial charge on any atom is -0.0885 e. The van der Waals surface area contributed by atoms with Crippen LogP contribution in [0.3, 0.4) is 0 Å². The van der Waals surface area contributed by atoms with Crippen LogP contribution in [0.2, 0.25) is 0 Å². The molecule has 0 N–H and O–H groups in total. The third kappa shape index (κ3) is 15.2. The van der Waals surface area contributed by atoms with E-state index < -0.39 is 0 Å². The van der Waals surface area contributed by atoms with Gasteiger partial charge in [-0.1, -0.05) is 69.6 Å². The van der Waals surface area contributed by atoms with E-state index in [1.54, 1.807) is 0 Å². The Balaban J connectivity index is 3.25. The maximum Gasteiger partial charge on any atom is -0.0169 e. The number of unbranched alkanes of at least 4 members (excludes halogenated alkanes) is 6. The number of rotatable bonds is 12. The van der Waals surface area contributed by atoms with Crippen molar-refractivity contribution in [3.8, 4) is 0 Å². The number of hydrogen-bond acceptors (Lipinski definition) is 0. The second kappa shape index (κ2) is 16.2. The van der Waals surface area contributed by atoms with Crippen molar-refractivity contribution in [2.24, 2.45) is 0 Å². The Morgan fingerprint density at radius 1 is 0.667 bits per heavy atom. The van der Waals surface area contributed by atoms with E-state index in [2.05, 4.69) is 50.3 Å². The first-order chi connectivity index (χ1) is 8.91. The third-order valence-corrected chi connectivity index (χ3v) is 2.87. The lowest BCUT2D eigenvalue weighted by molar-refractivity contribution is 0.728. The topological polar surface area (TPSA) is 0 Å². The highest BCUT2D eigenvalue weighted by Crippen LogP contribution is 2.01. The van der Waals surface area contributed by atoms with Gasteiger partial charge in [0, 0.05) is 0 Å². The summed E-state index contributed by atoms with van der Waals surface area (Å²) in [6, 6.07) is 0. The number of hydrogen-bond donors (Lipinski definition) is 0. The van der Waals surface area contributed by atoms with Crippen LogP contribution in [0.1, 0.15) is 71.1 Å². The van der Waals surface area contributed by atoms with Crippen LogP contribution >= 0.6 is 0 Å². The van der Waals surface area contributed by atoms with Gasteiger partial charge in [-0.3, -0.25) is 0 Å².